The highest BCUT2D eigenvalue weighted by atomic mass is 16.6. The molecule has 1 aromatic carbocycles. The maximum atomic E-state index is 13.6. The molecule has 1 unspecified atom stereocenters. The molecule has 7 heteroatoms. The number of piperazine rings is 1. The number of hydrogen-bond donors (Lipinski definition) is 2. The van der Waals surface area contributed by atoms with Crippen LogP contribution in [0.2, 0.25) is 0 Å². The average molecular weight is 419 g/mol. The molecule has 7 nitrogen and oxygen atoms in total. The van der Waals surface area contributed by atoms with Gasteiger partial charge in [0.2, 0.25) is 5.91 Å². The Morgan fingerprint density at radius 2 is 1.50 bits per heavy atom. The van der Waals surface area contributed by atoms with E-state index in [-0.39, 0.29) is 17.7 Å². The number of carbonyl (C=O) groups excluding carboxylic acids is 2. The van der Waals surface area contributed by atoms with Crippen molar-refractivity contribution in [1.29, 1.82) is 0 Å². The van der Waals surface area contributed by atoms with Crippen molar-refractivity contribution in [3.05, 3.63) is 29.8 Å². The van der Waals surface area contributed by atoms with Gasteiger partial charge in [-0.2, -0.15) is 0 Å². The fourth-order valence-corrected chi connectivity index (χ4v) is 4.42. The van der Waals surface area contributed by atoms with Crippen molar-refractivity contribution in [2.75, 3.05) is 26.2 Å². The molecule has 1 aliphatic carbocycles. The zero-order chi connectivity index (χ0) is 21.9. The molecule has 166 valence electrons. The van der Waals surface area contributed by atoms with Crippen LogP contribution in [-0.2, 0) is 9.53 Å². The Bertz CT molecular complexity index is 742. The maximum absolute atomic E-state index is 13.6. The summed E-state index contributed by atoms with van der Waals surface area (Å²) in [6.07, 6.45) is 3.66. The molecular formula is C23H34N2O5. The topological polar surface area (TPSA) is 90.3 Å². The normalized spacial score (nSPS) is 20.5. The second kappa shape index (κ2) is 8.84. The summed E-state index contributed by atoms with van der Waals surface area (Å²) in [4.78, 5) is 29.2. The molecule has 0 bridgehead atoms. The molecule has 1 aromatic rings. The van der Waals surface area contributed by atoms with Crippen LogP contribution in [0.25, 0.3) is 0 Å². The molecule has 2 aliphatic rings. The number of phenolic OH excluding ortho intramolecular Hbond substituents is 1. The quantitative estimate of drug-likeness (QED) is 0.786. The second-order valence-corrected chi connectivity index (χ2v) is 9.48. The summed E-state index contributed by atoms with van der Waals surface area (Å²) in [5, 5.41) is 21.1. The van der Waals surface area contributed by atoms with Crippen LogP contribution in [0.4, 0.5) is 4.79 Å². The van der Waals surface area contributed by atoms with E-state index in [1.807, 2.05) is 20.8 Å². The van der Waals surface area contributed by atoms with Gasteiger partial charge < -0.3 is 24.7 Å². The fourth-order valence-electron chi connectivity index (χ4n) is 4.42. The summed E-state index contributed by atoms with van der Waals surface area (Å²) in [6.45, 7) is 7.11. The third kappa shape index (κ3) is 5.25. The number of hydrogen-bond acceptors (Lipinski definition) is 5. The molecule has 30 heavy (non-hydrogen) atoms. The lowest BCUT2D eigenvalue weighted by atomic mass is 9.72. The molecule has 2 fully saturated rings. The van der Waals surface area contributed by atoms with E-state index in [4.69, 9.17) is 4.74 Å². The zero-order valence-corrected chi connectivity index (χ0v) is 18.3. The van der Waals surface area contributed by atoms with E-state index >= 15 is 0 Å². The molecule has 2 amide bonds. The van der Waals surface area contributed by atoms with Gasteiger partial charge in [0.1, 0.15) is 11.4 Å². The first-order valence-corrected chi connectivity index (χ1v) is 10.9. The molecule has 1 heterocycles. The summed E-state index contributed by atoms with van der Waals surface area (Å²) in [5.74, 6) is -0.660. The van der Waals surface area contributed by atoms with Crippen LogP contribution in [0.1, 0.15) is 64.4 Å². The van der Waals surface area contributed by atoms with Crippen LogP contribution in [0.3, 0.4) is 0 Å². The van der Waals surface area contributed by atoms with Crippen LogP contribution in [0.15, 0.2) is 24.3 Å². The van der Waals surface area contributed by atoms with Gasteiger partial charge in [-0.1, -0.05) is 31.4 Å². The van der Waals surface area contributed by atoms with Gasteiger partial charge in [-0.15, -0.1) is 0 Å². The van der Waals surface area contributed by atoms with Crippen molar-refractivity contribution >= 4 is 12.0 Å². The minimum atomic E-state index is -1.09. The smallest absolute Gasteiger partial charge is 0.410 e. The van der Waals surface area contributed by atoms with E-state index in [1.54, 1.807) is 34.1 Å². The number of rotatable bonds is 3. The summed E-state index contributed by atoms with van der Waals surface area (Å²) < 4.78 is 5.43. The van der Waals surface area contributed by atoms with Crippen molar-refractivity contribution in [2.24, 2.45) is 0 Å². The first kappa shape index (κ1) is 22.4. The molecule has 1 atom stereocenters. The number of benzene rings is 1. The third-order valence-electron chi connectivity index (χ3n) is 5.97. The van der Waals surface area contributed by atoms with Gasteiger partial charge in [0, 0.05) is 26.2 Å². The SMILES string of the molecule is CC(C)(C)OC(=O)N1CCN(C(=O)C(c2ccc(O)cc2)C2(O)CCCCC2)CC1. The monoisotopic (exact) mass is 418 g/mol. The Balaban J connectivity index is 1.74. The van der Waals surface area contributed by atoms with E-state index in [1.165, 1.54) is 0 Å². The van der Waals surface area contributed by atoms with Gasteiger partial charge in [-0.05, 0) is 51.3 Å². The molecule has 1 saturated carbocycles. The number of amides is 2. The largest absolute Gasteiger partial charge is 0.508 e. The first-order valence-electron chi connectivity index (χ1n) is 10.9. The van der Waals surface area contributed by atoms with Crippen molar-refractivity contribution in [3.8, 4) is 5.75 Å². The van der Waals surface area contributed by atoms with Crippen molar-refractivity contribution in [1.82, 2.24) is 9.80 Å². The molecule has 3 rings (SSSR count). The molecule has 0 radical (unpaired) electrons. The highest BCUT2D eigenvalue weighted by molar-refractivity contribution is 5.85. The van der Waals surface area contributed by atoms with Crippen LogP contribution < -0.4 is 0 Å². The molecular weight excluding hydrogens is 384 g/mol. The van der Waals surface area contributed by atoms with Crippen LogP contribution in [-0.4, -0.2) is 69.4 Å². The van der Waals surface area contributed by atoms with Crippen LogP contribution in [0, 0.1) is 0 Å². The van der Waals surface area contributed by atoms with Gasteiger partial charge in [0.05, 0.1) is 11.5 Å². The number of carbonyl (C=O) groups is 2. The van der Waals surface area contributed by atoms with Gasteiger partial charge in [-0.3, -0.25) is 4.79 Å². The third-order valence-corrected chi connectivity index (χ3v) is 5.97. The second-order valence-electron chi connectivity index (χ2n) is 9.48. The van der Waals surface area contributed by atoms with E-state index in [9.17, 15) is 19.8 Å². The number of aliphatic hydroxyl groups is 1. The molecule has 0 aromatic heterocycles. The first-order chi connectivity index (χ1) is 14.1. The average Bonchev–Trinajstić information content (AvgIpc) is 2.69. The van der Waals surface area contributed by atoms with Crippen molar-refractivity contribution < 1.29 is 24.5 Å². The minimum absolute atomic E-state index is 0.117. The lowest BCUT2D eigenvalue weighted by Crippen LogP contribution is -2.55. The van der Waals surface area contributed by atoms with Gasteiger partial charge in [0.25, 0.3) is 0 Å². The standard InChI is InChI=1S/C23H34N2O5/c1-22(2,3)30-21(28)25-15-13-24(14-16-25)20(27)19(17-7-9-18(26)10-8-17)23(29)11-5-4-6-12-23/h7-10,19,26,29H,4-6,11-16H2,1-3H3. The number of phenols is 1. The van der Waals surface area contributed by atoms with Gasteiger partial charge in [0.15, 0.2) is 0 Å². The van der Waals surface area contributed by atoms with Crippen LogP contribution in [0.5, 0.6) is 5.75 Å². The molecule has 1 aliphatic heterocycles. The summed E-state index contributed by atoms with van der Waals surface area (Å²) in [5.41, 5.74) is -0.927. The van der Waals surface area contributed by atoms with E-state index < -0.39 is 17.1 Å². The van der Waals surface area contributed by atoms with Crippen molar-refractivity contribution in [2.45, 2.75) is 70.0 Å². The van der Waals surface area contributed by atoms with E-state index in [0.29, 0.717) is 39.0 Å². The highest BCUT2D eigenvalue weighted by Crippen LogP contribution is 2.41. The Morgan fingerprint density at radius 3 is 2.03 bits per heavy atom. The predicted octanol–water partition coefficient (Wildman–Crippen LogP) is 3.25. The Labute approximate surface area is 178 Å². The highest BCUT2D eigenvalue weighted by Gasteiger charge is 2.45. The zero-order valence-electron chi connectivity index (χ0n) is 18.3. The Kier molecular flexibility index (Phi) is 6.60. The molecule has 1 saturated heterocycles. The summed E-state index contributed by atoms with van der Waals surface area (Å²) in [6, 6.07) is 6.56. The predicted molar refractivity (Wildman–Crippen MR) is 113 cm³/mol. The summed E-state index contributed by atoms with van der Waals surface area (Å²) in [7, 11) is 0. The number of aromatic hydroxyl groups is 1. The molecule has 0 spiro atoms. The van der Waals surface area contributed by atoms with Crippen LogP contribution >= 0.6 is 0 Å². The van der Waals surface area contributed by atoms with Crippen molar-refractivity contribution in [3.63, 3.8) is 0 Å². The Morgan fingerprint density at radius 1 is 0.967 bits per heavy atom. The van der Waals surface area contributed by atoms with E-state index in [2.05, 4.69) is 0 Å². The Hall–Kier alpha value is -2.28. The lowest BCUT2D eigenvalue weighted by molar-refractivity contribution is -0.143. The number of ether oxygens (including phenoxy) is 1. The van der Waals surface area contributed by atoms with Gasteiger partial charge >= 0.3 is 6.09 Å². The number of nitrogens with zero attached hydrogens (tertiary/aromatic N) is 2. The van der Waals surface area contributed by atoms with E-state index in [0.717, 1.165) is 24.8 Å². The fraction of sp³-hybridized carbons (Fsp3) is 0.652. The van der Waals surface area contributed by atoms with Gasteiger partial charge in [-0.25, -0.2) is 4.79 Å². The molecule has 2 N–H and O–H groups in total. The lowest BCUT2D eigenvalue weighted by Gasteiger charge is -2.43. The maximum Gasteiger partial charge on any atom is 0.410 e. The minimum Gasteiger partial charge on any atom is -0.508 e. The summed E-state index contributed by atoms with van der Waals surface area (Å²) >= 11 is 0.